The maximum Gasteiger partial charge on any atom is 0.118 e. The highest BCUT2D eigenvalue weighted by Crippen LogP contribution is 2.33. The van der Waals surface area contributed by atoms with Crippen molar-refractivity contribution in [2.45, 2.75) is 25.3 Å². The van der Waals surface area contributed by atoms with Crippen molar-refractivity contribution in [3.05, 3.63) is 65.9 Å². The molecule has 1 saturated heterocycles. The minimum atomic E-state index is 0. The minimum absolute atomic E-state index is 0. The molecule has 3 nitrogen and oxygen atoms in total. The van der Waals surface area contributed by atoms with Gasteiger partial charge in [0.15, 0.2) is 0 Å². The number of para-hydroxylation sites is 1. The number of rotatable bonds is 4. The summed E-state index contributed by atoms with van der Waals surface area (Å²) < 4.78 is 7.66. The number of aromatic nitrogens is 1. The van der Waals surface area contributed by atoms with Gasteiger partial charge in [-0.2, -0.15) is 0 Å². The van der Waals surface area contributed by atoms with Gasteiger partial charge in [-0.3, -0.25) is 0 Å². The largest absolute Gasteiger partial charge is 0.497 e. The molecule has 0 unspecified atom stereocenters. The van der Waals surface area contributed by atoms with Gasteiger partial charge in [0.25, 0.3) is 0 Å². The van der Waals surface area contributed by atoms with Gasteiger partial charge in [0.2, 0.25) is 0 Å². The second kappa shape index (κ2) is 7.94. The summed E-state index contributed by atoms with van der Waals surface area (Å²) in [5, 5.41) is 4.89. The van der Waals surface area contributed by atoms with Crippen molar-refractivity contribution in [3.63, 3.8) is 0 Å². The third-order valence-corrected chi connectivity index (χ3v) is 5.11. The second-order valence-corrected chi connectivity index (χ2v) is 6.60. The average Bonchev–Trinajstić information content (AvgIpc) is 3.02. The van der Waals surface area contributed by atoms with E-state index in [1.165, 1.54) is 34.9 Å². The number of fused-ring (bicyclic) bond motifs is 1. The van der Waals surface area contributed by atoms with Crippen molar-refractivity contribution >= 4 is 23.3 Å². The molecule has 3 aromatic rings. The minimum Gasteiger partial charge on any atom is -0.497 e. The van der Waals surface area contributed by atoms with Gasteiger partial charge in [0.1, 0.15) is 5.75 Å². The molecule has 1 fully saturated rings. The Bertz CT molecular complexity index is 820. The fourth-order valence-corrected chi connectivity index (χ4v) is 3.79. The second-order valence-electron chi connectivity index (χ2n) is 6.60. The normalized spacial score (nSPS) is 15.1. The van der Waals surface area contributed by atoms with Crippen molar-refractivity contribution in [1.29, 1.82) is 0 Å². The van der Waals surface area contributed by atoms with Crippen molar-refractivity contribution in [3.8, 4) is 5.75 Å². The molecule has 1 aliphatic heterocycles. The lowest BCUT2D eigenvalue weighted by molar-refractivity contribution is 0.414. The molecule has 132 valence electrons. The lowest BCUT2D eigenvalue weighted by atomic mass is 9.90. The third-order valence-electron chi connectivity index (χ3n) is 5.11. The number of nitrogens with one attached hydrogen (secondary N) is 1. The predicted octanol–water partition coefficient (Wildman–Crippen LogP) is 4.59. The maximum atomic E-state index is 5.26. The molecule has 4 rings (SSSR count). The highest BCUT2D eigenvalue weighted by molar-refractivity contribution is 5.85. The molecular weight excluding hydrogens is 332 g/mol. The van der Waals surface area contributed by atoms with E-state index in [-0.39, 0.29) is 12.4 Å². The summed E-state index contributed by atoms with van der Waals surface area (Å²) in [5.74, 6) is 1.58. The molecule has 1 N–H and O–H groups in total. The summed E-state index contributed by atoms with van der Waals surface area (Å²) in [4.78, 5) is 0. The number of hydrogen-bond donors (Lipinski definition) is 1. The van der Waals surface area contributed by atoms with Gasteiger partial charge in [-0.15, -0.1) is 12.4 Å². The average molecular weight is 357 g/mol. The molecular formula is C21H25ClN2O. The molecule has 0 aliphatic carbocycles. The zero-order valence-electron chi connectivity index (χ0n) is 14.6. The molecule has 2 heterocycles. The van der Waals surface area contributed by atoms with E-state index in [2.05, 4.69) is 52.5 Å². The zero-order chi connectivity index (χ0) is 16.4. The van der Waals surface area contributed by atoms with Crippen molar-refractivity contribution < 1.29 is 4.74 Å². The standard InChI is InChI=1S/C21H24N2O.ClH/c1-24-18-8-6-16(7-9-18)14-23-15-20(17-10-12-22-13-11-17)19-4-2-3-5-21(19)23;/h2-9,15,17,22H,10-14H2,1H3;1H. The van der Waals surface area contributed by atoms with Gasteiger partial charge in [-0.1, -0.05) is 30.3 Å². The van der Waals surface area contributed by atoms with Gasteiger partial charge in [0, 0.05) is 23.6 Å². The Hall–Kier alpha value is -1.97. The Labute approximate surface area is 155 Å². The summed E-state index contributed by atoms with van der Waals surface area (Å²) in [6, 6.07) is 17.2. The third kappa shape index (κ3) is 3.68. The van der Waals surface area contributed by atoms with Crippen molar-refractivity contribution in [2.75, 3.05) is 20.2 Å². The van der Waals surface area contributed by atoms with Crippen LogP contribution in [0, 0.1) is 0 Å². The van der Waals surface area contributed by atoms with E-state index in [9.17, 15) is 0 Å². The lowest BCUT2D eigenvalue weighted by Crippen LogP contribution is -2.26. The summed E-state index contributed by atoms with van der Waals surface area (Å²) in [6.45, 7) is 3.15. The highest BCUT2D eigenvalue weighted by atomic mass is 35.5. The number of ether oxygens (including phenoxy) is 1. The van der Waals surface area contributed by atoms with Crippen LogP contribution in [0.4, 0.5) is 0 Å². The van der Waals surface area contributed by atoms with Crippen LogP contribution in [0.15, 0.2) is 54.7 Å². The summed E-state index contributed by atoms with van der Waals surface area (Å²) in [5.41, 5.74) is 4.15. The van der Waals surface area contributed by atoms with Gasteiger partial charge in [-0.05, 0) is 61.2 Å². The first-order chi connectivity index (χ1) is 11.8. The van der Waals surface area contributed by atoms with E-state index in [1.54, 1.807) is 7.11 Å². The van der Waals surface area contributed by atoms with Gasteiger partial charge >= 0.3 is 0 Å². The van der Waals surface area contributed by atoms with Crippen LogP contribution < -0.4 is 10.1 Å². The molecule has 0 atom stereocenters. The number of piperidine rings is 1. The fraction of sp³-hybridized carbons (Fsp3) is 0.333. The van der Waals surface area contributed by atoms with E-state index in [0.717, 1.165) is 25.4 Å². The Kier molecular flexibility index (Phi) is 5.67. The number of halogens is 1. The van der Waals surface area contributed by atoms with Gasteiger partial charge < -0.3 is 14.6 Å². The lowest BCUT2D eigenvalue weighted by Gasteiger charge is -2.22. The zero-order valence-corrected chi connectivity index (χ0v) is 15.4. The smallest absolute Gasteiger partial charge is 0.118 e. The Morgan fingerprint density at radius 3 is 2.48 bits per heavy atom. The van der Waals surface area contributed by atoms with Crippen LogP contribution in [0.5, 0.6) is 5.75 Å². The SMILES string of the molecule is COc1ccc(Cn2cc(C3CCNCC3)c3ccccc32)cc1.Cl. The summed E-state index contributed by atoms with van der Waals surface area (Å²) in [6.07, 6.45) is 4.85. The van der Waals surface area contributed by atoms with Crippen LogP contribution in [0.3, 0.4) is 0 Å². The quantitative estimate of drug-likeness (QED) is 0.740. The molecule has 2 aromatic carbocycles. The molecule has 0 bridgehead atoms. The number of hydrogen-bond acceptors (Lipinski definition) is 2. The molecule has 25 heavy (non-hydrogen) atoms. The maximum absolute atomic E-state index is 5.26. The van der Waals surface area contributed by atoms with E-state index >= 15 is 0 Å². The topological polar surface area (TPSA) is 26.2 Å². The fourth-order valence-electron chi connectivity index (χ4n) is 3.79. The molecule has 4 heteroatoms. The Morgan fingerprint density at radius 2 is 1.76 bits per heavy atom. The van der Waals surface area contributed by atoms with Crippen LogP contribution in [-0.4, -0.2) is 24.8 Å². The monoisotopic (exact) mass is 356 g/mol. The molecule has 0 amide bonds. The van der Waals surface area contributed by atoms with E-state index < -0.39 is 0 Å². The summed E-state index contributed by atoms with van der Waals surface area (Å²) in [7, 11) is 1.71. The molecule has 0 spiro atoms. The van der Waals surface area contributed by atoms with E-state index in [1.807, 2.05) is 12.1 Å². The molecule has 0 radical (unpaired) electrons. The Balaban J connectivity index is 0.00000182. The molecule has 0 saturated carbocycles. The first kappa shape index (κ1) is 17.8. The Morgan fingerprint density at radius 1 is 1.04 bits per heavy atom. The van der Waals surface area contributed by atoms with Crippen LogP contribution in [-0.2, 0) is 6.54 Å². The van der Waals surface area contributed by atoms with Crippen LogP contribution in [0.25, 0.3) is 10.9 Å². The van der Waals surface area contributed by atoms with Crippen LogP contribution in [0.2, 0.25) is 0 Å². The van der Waals surface area contributed by atoms with E-state index in [0.29, 0.717) is 5.92 Å². The predicted molar refractivity (Wildman–Crippen MR) is 106 cm³/mol. The van der Waals surface area contributed by atoms with Gasteiger partial charge in [0.05, 0.1) is 7.11 Å². The van der Waals surface area contributed by atoms with Crippen molar-refractivity contribution in [2.24, 2.45) is 0 Å². The highest BCUT2D eigenvalue weighted by Gasteiger charge is 2.20. The molecule has 1 aromatic heterocycles. The first-order valence-corrected chi connectivity index (χ1v) is 8.76. The van der Waals surface area contributed by atoms with Gasteiger partial charge in [-0.25, -0.2) is 0 Å². The number of benzene rings is 2. The summed E-state index contributed by atoms with van der Waals surface area (Å²) >= 11 is 0. The van der Waals surface area contributed by atoms with Crippen LogP contribution >= 0.6 is 12.4 Å². The van der Waals surface area contributed by atoms with Crippen LogP contribution in [0.1, 0.15) is 29.9 Å². The van der Waals surface area contributed by atoms with Crippen molar-refractivity contribution in [1.82, 2.24) is 9.88 Å². The van der Waals surface area contributed by atoms with E-state index in [4.69, 9.17) is 4.74 Å². The number of nitrogens with zero attached hydrogens (tertiary/aromatic N) is 1. The number of methoxy groups -OCH3 is 1. The first-order valence-electron chi connectivity index (χ1n) is 8.76. The molecule has 1 aliphatic rings.